The van der Waals surface area contributed by atoms with E-state index in [0.29, 0.717) is 135 Å². The molecule has 8 saturated carbocycles. The molecule has 0 aromatic heterocycles. The standard InChI is InChI=1S/C56H98O15/c1-34-2-4-50(5-3-34)65-31-39-14-55(70-32-40-16-51(66-27-35-6-42(57)20-43(58)7-35)24-52(17-40)67-28-36-8-44(59)21-45(60)9-36)26-56(15-39)71-33-41-18-53(68-29-37-10-46(61)22-47(62)11-37)25-54(19-41)69-30-38-12-48(63)23-49(64)13-38/h34-64H,2-33H2,1H3. The third-order valence-electron chi connectivity index (χ3n) is 18.1. The Balaban J connectivity index is 0.887. The minimum absolute atomic E-state index is 0.00530. The van der Waals surface area contributed by atoms with E-state index >= 15 is 0 Å². The van der Waals surface area contributed by atoms with E-state index in [4.69, 9.17) is 33.2 Å². The fourth-order valence-electron chi connectivity index (χ4n) is 14.5. The molecule has 8 N–H and O–H groups in total. The molecule has 0 saturated heterocycles. The number of aliphatic hydroxyl groups excluding tert-OH is 8. The van der Waals surface area contributed by atoms with Crippen molar-refractivity contribution in [3.8, 4) is 0 Å². The molecule has 8 rings (SSSR count). The van der Waals surface area contributed by atoms with Crippen LogP contribution in [0.3, 0.4) is 0 Å². The van der Waals surface area contributed by atoms with E-state index in [1.54, 1.807) is 0 Å². The molecule has 14 unspecified atom stereocenters. The number of ether oxygens (including phenoxy) is 7. The lowest BCUT2D eigenvalue weighted by Crippen LogP contribution is -2.41. The van der Waals surface area contributed by atoms with E-state index < -0.39 is 48.8 Å². The van der Waals surface area contributed by atoms with Gasteiger partial charge in [-0.25, -0.2) is 0 Å². The van der Waals surface area contributed by atoms with Gasteiger partial charge in [-0.3, -0.25) is 0 Å². The molecule has 14 atom stereocenters. The molecule has 15 nitrogen and oxygen atoms in total. The van der Waals surface area contributed by atoms with Crippen LogP contribution in [0.25, 0.3) is 0 Å². The molecule has 0 amide bonds. The lowest BCUT2D eigenvalue weighted by atomic mass is 9.83. The van der Waals surface area contributed by atoms with Crippen LogP contribution in [0.15, 0.2) is 0 Å². The van der Waals surface area contributed by atoms with Crippen LogP contribution in [-0.4, -0.2) is 179 Å². The van der Waals surface area contributed by atoms with Crippen molar-refractivity contribution in [2.24, 2.45) is 47.3 Å². The predicted molar refractivity (Wildman–Crippen MR) is 265 cm³/mol. The largest absolute Gasteiger partial charge is 0.393 e. The first-order chi connectivity index (χ1) is 34.2. The van der Waals surface area contributed by atoms with Crippen molar-refractivity contribution in [2.45, 2.75) is 259 Å². The Morgan fingerprint density at radius 3 is 0.620 bits per heavy atom. The Morgan fingerprint density at radius 2 is 0.408 bits per heavy atom. The van der Waals surface area contributed by atoms with Crippen LogP contribution in [-0.2, 0) is 33.2 Å². The van der Waals surface area contributed by atoms with Gasteiger partial charge in [-0.15, -0.1) is 0 Å². The van der Waals surface area contributed by atoms with E-state index in [-0.39, 0.29) is 72.1 Å². The van der Waals surface area contributed by atoms with Crippen LogP contribution in [0.1, 0.15) is 167 Å². The number of hydrogen-bond acceptors (Lipinski definition) is 15. The average Bonchev–Trinajstić information content (AvgIpc) is 3.31. The molecule has 0 aromatic carbocycles. The minimum atomic E-state index is -0.506. The summed E-state index contributed by atoms with van der Waals surface area (Å²) in [4.78, 5) is 0. The summed E-state index contributed by atoms with van der Waals surface area (Å²) in [6, 6.07) is 0. The second-order valence-corrected chi connectivity index (χ2v) is 25.2. The summed E-state index contributed by atoms with van der Waals surface area (Å²) in [5.74, 6) is 1.90. The van der Waals surface area contributed by atoms with Crippen LogP contribution in [0, 0.1) is 47.3 Å². The van der Waals surface area contributed by atoms with Crippen LogP contribution in [0.2, 0.25) is 0 Å². The quantitative estimate of drug-likeness (QED) is 0.0723. The van der Waals surface area contributed by atoms with Crippen molar-refractivity contribution in [3.05, 3.63) is 0 Å². The lowest BCUT2D eigenvalue weighted by Gasteiger charge is -2.40. The summed E-state index contributed by atoms with van der Waals surface area (Å²) in [5.41, 5.74) is 0. The zero-order valence-electron chi connectivity index (χ0n) is 43.3. The fourth-order valence-corrected chi connectivity index (χ4v) is 14.5. The molecule has 8 aliphatic carbocycles. The predicted octanol–water partition coefficient (Wildman–Crippen LogP) is 5.38. The molecule has 0 radical (unpaired) electrons. The van der Waals surface area contributed by atoms with Gasteiger partial charge < -0.3 is 74.0 Å². The monoisotopic (exact) mass is 1010 g/mol. The molecule has 0 heterocycles. The molecule has 8 fully saturated rings. The summed E-state index contributed by atoms with van der Waals surface area (Å²) in [6.45, 7) is 6.18. The van der Waals surface area contributed by atoms with Gasteiger partial charge in [0.15, 0.2) is 0 Å². The molecule has 0 aromatic rings. The third kappa shape index (κ3) is 19.1. The number of rotatable bonds is 21. The Morgan fingerprint density at radius 1 is 0.225 bits per heavy atom. The summed E-state index contributed by atoms with van der Waals surface area (Å²) < 4.78 is 47.1. The van der Waals surface area contributed by atoms with E-state index in [2.05, 4.69) is 6.92 Å². The van der Waals surface area contributed by atoms with Gasteiger partial charge in [-0.2, -0.15) is 0 Å². The van der Waals surface area contributed by atoms with Gasteiger partial charge in [-0.1, -0.05) is 6.92 Å². The first kappa shape index (κ1) is 56.6. The zero-order valence-corrected chi connectivity index (χ0v) is 43.3. The molecule has 0 spiro atoms. The third-order valence-corrected chi connectivity index (χ3v) is 18.1. The normalized spacial score (nSPS) is 46.2. The van der Waals surface area contributed by atoms with Crippen molar-refractivity contribution < 1.29 is 74.0 Å². The molecule has 71 heavy (non-hydrogen) atoms. The van der Waals surface area contributed by atoms with Gasteiger partial charge >= 0.3 is 0 Å². The molecule has 8 aliphatic rings. The van der Waals surface area contributed by atoms with Gasteiger partial charge in [0, 0.05) is 46.2 Å². The molecular weight excluding hydrogens is 913 g/mol. The van der Waals surface area contributed by atoms with E-state index in [0.717, 1.165) is 76.5 Å². The van der Waals surface area contributed by atoms with Gasteiger partial charge in [-0.05, 0) is 208 Å². The van der Waals surface area contributed by atoms with E-state index in [1.807, 2.05) is 0 Å². The Bertz CT molecular complexity index is 1290. The van der Waals surface area contributed by atoms with Crippen molar-refractivity contribution in [3.63, 3.8) is 0 Å². The Hall–Kier alpha value is -0.600. The average molecular weight is 1010 g/mol. The van der Waals surface area contributed by atoms with Gasteiger partial charge in [0.25, 0.3) is 0 Å². The van der Waals surface area contributed by atoms with Gasteiger partial charge in [0.2, 0.25) is 0 Å². The second kappa shape index (κ2) is 28.1. The smallest absolute Gasteiger partial charge is 0.0603 e. The lowest BCUT2D eigenvalue weighted by molar-refractivity contribution is -0.126. The Labute approximate surface area is 425 Å². The van der Waals surface area contributed by atoms with E-state index in [1.165, 1.54) is 12.8 Å². The topological polar surface area (TPSA) is 226 Å². The van der Waals surface area contributed by atoms with E-state index in [9.17, 15) is 40.9 Å². The van der Waals surface area contributed by atoms with Crippen LogP contribution in [0.4, 0.5) is 0 Å². The highest BCUT2D eigenvalue weighted by molar-refractivity contribution is 4.89. The second-order valence-electron chi connectivity index (χ2n) is 25.2. The van der Waals surface area contributed by atoms with Crippen LogP contribution in [0.5, 0.6) is 0 Å². The maximum atomic E-state index is 10.4. The number of aliphatic hydroxyl groups is 8. The maximum absolute atomic E-state index is 10.4. The summed E-state index contributed by atoms with van der Waals surface area (Å²) in [7, 11) is 0. The van der Waals surface area contributed by atoms with Crippen molar-refractivity contribution in [1.29, 1.82) is 0 Å². The van der Waals surface area contributed by atoms with Crippen LogP contribution >= 0.6 is 0 Å². The summed E-state index contributed by atoms with van der Waals surface area (Å²) in [5, 5.41) is 83.0. The molecular formula is C56H98O15. The SMILES string of the molecule is CC1CCC(OCC2CC(OCC3CC(OCC4CC(O)CC(O)C4)CC(OCC4CC(O)CC(O)C4)C3)CC(OCC3CC(OCC4CC(O)CC(O)C4)CC(OCC4CC(O)CC(O)C4)C3)C2)CC1. The van der Waals surface area contributed by atoms with Crippen molar-refractivity contribution in [2.75, 3.05) is 46.2 Å². The maximum Gasteiger partial charge on any atom is 0.0603 e. The zero-order chi connectivity index (χ0) is 49.9. The first-order valence-electron chi connectivity index (χ1n) is 29.0. The summed E-state index contributed by atoms with van der Waals surface area (Å²) >= 11 is 0. The first-order valence-corrected chi connectivity index (χ1v) is 29.0. The molecule has 412 valence electrons. The summed E-state index contributed by atoms with van der Waals surface area (Å²) in [6.07, 6.45) is 15.1. The highest BCUT2D eigenvalue weighted by atomic mass is 16.5. The Kier molecular flexibility index (Phi) is 22.4. The highest BCUT2D eigenvalue weighted by Crippen LogP contribution is 2.38. The molecule has 0 aliphatic heterocycles. The van der Waals surface area contributed by atoms with Gasteiger partial charge in [0.1, 0.15) is 0 Å². The minimum Gasteiger partial charge on any atom is -0.393 e. The highest BCUT2D eigenvalue weighted by Gasteiger charge is 2.39. The van der Waals surface area contributed by atoms with Crippen LogP contribution < -0.4 is 0 Å². The fraction of sp³-hybridized carbons (Fsp3) is 1.00. The molecule has 15 heteroatoms. The van der Waals surface area contributed by atoms with Gasteiger partial charge in [0.05, 0.1) is 91.6 Å². The molecule has 0 bridgehead atoms. The van der Waals surface area contributed by atoms with Crippen molar-refractivity contribution in [1.82, 2.24) is 0 Å². The van der Waals surface area contributed by atoms with Crippen molar-refractivity contribution >= 4 is 0 Å². The number of hydrogen-bond donors (Lipinski definition) is 8.